The Morgan fingerprint density at radius 3 is 2.64 bits per heavy atom. The number of H-pyrrole nitrogens is 1. The maximum absolute atomic E-state index is 13.5. The molecular formula is C28H18ClN3O3S. The number of aromatic amines is 1. The summed E-state index contributed by atoms with van der Waals surface area (Å²) < 4.78 is 7.20. The Hall–Kier alpha value is -4.20. The van der Waals surface area contributed by atoms with Gasteiger partial charge < -0.3 is 9.72 Å². The Balaban J connectivity index is 1.48. The molecule has 8 heteroatoms. The fraction of sp³-hybridized carbons (Fsp3) is 0.0357. The SMILES string of the molecule is O=c1[nH]c2cc(-c3c(Cl)cccc3OCc3cscn3)ccc2c(=O)n1-c1cccc2ccccc12. The van der Waals surface area contributed by atoms with Gasteiger partial charge in [-0.05, 0) is 41.3 Å². The molecule has 0 saturated carbocycles. The van der Waals surface area contributed by atoms with Crippen LogP contribution in [0.1, 0.15) is 5.69 Å². The fourth-order valence-corrected chi connectivity index (χ4v) is 5.18. The predicted octanol–water partition coefficient (Wildman–Crippen LogP) is 6.19. The summed E-state index contributed by atoms with van der Waals surface area (Å²) in [5.74, 6) is 0.585. The molecule has 0 atom stereocenters. The van der Waals surface area contributed by atoms with E-state index in [1.807, 2.05) is 60.0 Å². The Morgan fingerprint density at radius 1 is 0.944 bits per heavy atom. The van der Waals surface area contributed by atoms with E-state index < -0.39 is 11.2 Å². The number of hydrogen-bond donors (Lipinski definition) is 1. The Kier molecular flexibility index (Phi) is 5.64. The summed E-state index contributed by atoms with van der Waals surface area (Å²) >= 11 is 8.07. The van der Waals surface area contributed by atoms with Crippen LogP contribution in [0.3, 0.4) is 0 Å². The minimum atomic E-state index is -0.514. The van der Waals surface area contributed by atoms with Crippen molar-refractivity contribution in [3.8, 4) is 22.6 Å². The zero-order chi connectivity index (χ0) is 24.6. The van der Waals surface area contributed by atoms with Crippen molar-refractivity contribution in [2.45, 2.75) is 6.61 Å². The number of nitrogens with one attached hydrogen (secondary N) is 1. The van der Waals surface area contributed by atoms with E-state index in [0.29, 0.717) is 39.5 Å². The van der Waals surface area contributed by atoms with Crippen molar-refractivity contribution < 1.29 is 4.74 Å². The lowest BCUT2D eigenvalue weighted by molar-refractivity contribution is 0.303. The van der Waals surface area contributed by atoms with Crippen molar-refractivity contribution in [1.29, 1.82) is 0 Å². The minimum absolute atomic E-state index is 0.303. The van der Waals surface area contributed by atoms with Crippen molar-refractivity contribution in [2.24, 2.45) is 0 Å². The lowest BCUT2D eigenvalue weighted by Gasteiger charge is -2.14. The molecule has 36 heavy (non-hydrogen) atoms. The van der Waals surface area contributed by atoms with Crippen LogP contribution in [-0.4, -0.2) is 14.5 Å². The molecule has 2 heterocycles. The van der Waals surface area contributed by atoms with Crippen molar-refractivity contribution in [2.75, 3.05) is 0 Å². The van der Waals surface area contributed by atoms with Gasteiger partial charge in [0.15, 0.2) is 0 Å². The van der Waals surface area contributed by atoms with E-state index in [4.69, 9.17) is 16.3 Å². The molecule has 0 aliphatic heterocycles. The number of aromatic nitrogens is 3. The van der Waals surface area contributed by atoms with Crippen LogP contribution < -0.4 is 16.0 Å². The lowest BCUT2D eigenvalue weighted by atomic mass is 10.0. The molecule has 6 nitrogen and oxygen atoms in total. The maximum Gasteiger partial charge on any atom is 0.333 e. The second-order valence-corrected chi connectivity index (χ2v) is 9.34. The van der Waals surface area contributed by atoms with Gasteiger partial charge >= 0.3 is 5.69 Å². The molecule has 0 bridgehead atoms. The van der Waals surface area contributed by atoms with Gasteiger partial charge in [0.1, 0.15) is 12.4 Å². The maximum atomic E-state index is 13.5. The van der Waals surface area contributed by atoms with E-state index in [0.717, 1.165) is 22.0 Å². The van der Waals surface area contributed by atoms with E-state index in [2.05, 4.69) is 9.97 Å². The molecule has 4 aromatic carbocycles. The van der Waals surface area contributed by atoms with Crippen LogP contribution in [0.2, 0.25) is 5.02 Å². The highest BCUT2D eigenvalue weighted by molar-refractivity contribution is 7.07. The third-order valence-corrected chi connectivity index (χ3v) is 6.98. The normalized spacial score (nSPS) is 11.2. The lowest BCUT2D eigenvalue weighted by Crippen LogP contribution is -2.33. The van der Waals surface area contributed by atoms with Crippen molar-refractivity contribution >= 4 is 44.6 Å². The molecule has 2 aromatic heterocycles. The summed E-state index contributed by atoms with van der Waals surface area (Å²) in [7, 11) is 0. The first-order valence-corrected chi connectivity index (χ1v) is 12.5. The van der Waals surface area contributed by atoms with E-state index in [1.54, 1.807) is 29.8 Å². The summed E-state index contributed by atoms with van der Waals surface area (Å²) in [5, 5.41) is 4.58. The first-order valence-electron chi connectivity index (χ1n) is 11.2. The zero-order valence-corrected chi connectivity index (χ0v) is 20.3. The molecule has 0 amide bonds. The Morgan fingerprint density at radius 2 is 1.78 bits per heavy atom. The smallest absolute Gasteiger partial charge is 0.333 e. The van der Waals surface area contributed by atoms with Gasteiger partial charge in [-0.2, -0.15) is 0 Å². The summed E-state index contributed by atoms with van der Waals surface area (Å²) in [4.78, 5) is 33.8. The Bertz CT molecular complexity index is 1850. The van der Waals surface area contributed by atoms with Crippen LogP contribution in [0, 0.1) is 0 Å². The average Bonchev–Trinajstić information content (AvgIpc) is 3.41. The highest BCUT2D eigenvalue weighted by Crippen LogP contribution is 2.37. The van der Waals surface area contributed by atoms with Gasteiger partial charge in [0.05, 0.1) is 32.8 Å². The van der Waals surface area contributed by atoms with E-state index in [1.165, 1.54) is 15.9 Å². The fourth-order valence-electron chi connectivity index (χ4n) is 4.36. The van der Waals surface area contributed by atoms with Crippen molar-refractivity contribution in [3.05, 3.63) is 121 Å². The highest BCUT2D eigenvalue weighted by Gasteiger charge is 2.16. The van der Waals surface area contributed by atoms with Gasteiger partial charge in [0.25, 0.3) is 5.56 Å². The van der Waals surface area contributed by atoms with E-state index in [-0.39, 0.29) is 0 Å². The average molecular weight is 512 g/mol. The van der Waals surface area contributed by atoms with Gasteiger partial charge in [-0.1, -0.05) is 60.1 Å². The molecule has 0 fully saturated rings. The number of benzene rings is 4. The van der Waals surface area contributed by atoms with Crippen molar-refractivity contribution in [1.82, 2.24) is 14.5 Å². The molecule has 0 saturated heterocycles. The largest absolute Gasteiger partial charge is 0.487 e. The highest BCUT2D eigenvalue weighted by atomic mass is 35.5. The van der Waals surface area contributed by atoms with Gasteiger partial charge in [-0.15, -0.1) is 11.3 Å². The molecule has 0 aliphatic rings. The summed E-state index contributed by atoms with van der Waals surface area (Å²) in [6, 6.07) is 23.9. The standard InChI is InChI=1S/C28H18ClN3O3S/c29-22-8-4-10-25(35-14-19-15-36-16-30-19)26(22)18-11-12-21-23(13-18)31-28(34)32(27(21)33)24-9-3-6-17-5-1-2-7-20(17)24/h1-13,15-16H,14H2,(H,31,34). The molecule has 6 aromatic rings. The molecule has 6 rings (SSSR count). The van der Waals surface area contributed by atoms with Crippen LogP contribution in [-0.2, 0) is 6.61 Å². The zero-order valence-electron chi connectivity index (χ0n) is 18.8. The van der Waals surface area contributed by atoms with Crippen LogP contribution >= 0.6 is 22.9 Å². The molecule has 1 N–H and O–H groups in total. The molecule has 0 radical (unpaired) electrons. The second-order valence-electron chi connectivity index (χ2n) is 8.21. The van der Waals surface area contributed by atoms with E-state index >= 15 is 0 Å². The number of fused-ring (bicyclic) bond motifs is 2. The topological polar surface area (TPSA) is 77.0 Å². The summed E-state index contributed by atoms with van der Waals surface area (Å²) in [6.07, 6.45) is 0. The first-order chi connectivity index (χ1) is 17.6. The molecule has 0 spiro atoms. The molecule has 0 unspecified atom stereocenters. The van der Waals surface area contributed by atoms with Crippen LogP contribution in [0.25, 0.3) is 38.5 Å². The summed E-state index contributed by atoms with van der Waals surface area (Å²) in [6.45, 7) is 0.303. The van der Waals surface area contributed by atoms with Gasteiger partial charge in [0.2, 0.25) is 0 Å². The third-order valence-electron chi connectivity index (χ3n) is 6.03. The number of ether oxygens (including phenoxy) is 1. The third kappa shape index (κ3) is 3.88. The van der Waals surface area contributed by atoms with E-state index in [9.17, 15) is 9.59 Å². The van der Waals surface area contributed by atoms with Gasteiger partial charge in [0, 0.05) is 16.3 Å². The molecule has 176 valence electrons. The molecular weight excluding hydrogens is 494 g/mol. The summed E-state index contributed by atoms with van der Waals surface area (Å²) in [5.41, 5.74) is 4.02. The second kappa shape index (κ2) is 9.11. The van der Waals surface area contributed by atoms with Gasteiger partial charge in [-0.25, -0.2) is 14.3 Å². The first kappa shape index (κ1) is 22.3. The number of halogens is 1. The Labute approximate surface area is 214 Å². The van der Waals surface area contributed by atoms with Crippen molar-refractivity contribution in [3.63, 3.8) is 0 Å². The number of rotatable bonds is 5. The van der Waals surface area contributed by atoms with Crippen LogP contribution in [0.5, 0.6) is 5.75 Å². The van der Waals surface area contributed by atoms with Gasteiger partial charge in [-0.3, -0.25) is 4.79 Å². The number of hydrogen-bond acceptors (Lipinski definition) is 5. The predicted molar refractivity (Wildman–Crippen MR) is 145 cm³/mol. The number of nitrogens with zero attached hydrogens (tertiary/aromatic N) is 2. The van der Waals surface area contributed by atoms with Crippen LogP contribution in [0.15, 0.2) is 99.3 Å². The monoisotopic (exact) mass is 511 g/mol. The molecule has 0 aliphatic carbocycles. The van der Waals surface area contributed by atoms with Crippen LogP contribution in [0.4, 0.5) is 0 Å². The quantitative estimate of drug-likeness (QED) is 0.299. The minimum Gasteiger partial charge on any atom is -0.487 e. The number of thiazole rings is 1.